The number of halogens is 3. The van der Waals surface area contributed by atoms with Crippen LogP contribution in [0.4, 0.5) is 23.8 Å². The molecule has 0 aliphatic carbocycles. The van der Waals surface area contributed by atoms with Crippen molar-refractivity contribution in [2.75, 3.05) is 19.4 Å². The monoisotopic (exact) mass is 335 g/mol. The molecule has 10 heteroatoms. The number of rotatable bonds is 5. The van der Waals surface area contributed by atoms with E-state index in [1.54, 1.807) is 14.1 Å². The molecule has 7 nitrogen and oxygen atoms in total. The van der Waals surface area contributed by atoms with Gasteiger partial charge in [0.05, 0.1) is 0 Å². The second kappa shape index (κ2) is 6.88. The highest BCUT2D eigenvalue weighted by atomic mass is 19.4. The van der Waals surface area contributed by atoms with Gasteiger partial charge in [0, 0.05) is 26.4 Å². The zero-order chi connectivity index (χ0) is 17.8. The Kier molecular flexibility index (Phi) is 5.62. The third kappa shape index (κ3) is 4.86. The number of carbonyl (C=O) groups is 2. The molecule has 130 valence electrons. The minimum Gasteiger partial charge on any atom is -0.347 e. The summed E-state index contributed by atoms with van der Waals surface area (Å²) in [6.07, 6.45) is -3.44. The molecule has 1 aromatic rings. The SMILES string of the molecule is CCC(C)(NC(=O)Nc1ccn(CC(=O)N(C)C)n1)C(F)(F)F. The molecule has 1 rings (SSSR count). The van der Waals surface area contributed by atoms with Gasteiger partial charge in [-0.3, -0.25) is 14.8 Å². The molecule has 0 aliphatic heterocycles. The Morgan fingerprint density at radius 1 is 1.35 bits per heavy atom. The van der Waals surface area contributed by atoms with E-state index in [4.69, 9.17) is 0 Å². The molecule has 0 bridgehead atoms. The number of aromatic nitrogens is 2. The van der Waals surface area contributed by atoms with E-state index >= 15 is 0 Å². The quantitative estimate of drug-likeness (QED) is 0.861. The predicted molar refractivity (Wildman–Crippen MR) is 77.8 cm³/mol. The average Bonchev–Trinajstić information content (AvgIpc) is 2.83. The van der Waals surface area contributed by atoms with Gasteiger partial charge in [-0.15, -0.1) is 0 Å². The molecule has 0 aliphatic rings. The fourth-order valence-corrected chi connectivity index (χ4v) is 1.55. The van der Waals surface area contributed by atoms with E-state index in [1.807, 2.05) is 5.32 Å². The number of carbonyl (C=O) groups excluding carboxylic acids is 2. The third-order valence-corrected chi connectivity index (χ3v) is 3.40. The summed E-state index contributed by atoms with van der Waals surface area (Å²) in [5.41, 5.74) is -2.33. The number of anilines is 1. The molecule has 1 aromatic heterocycles. The maximum absolute atomic E-state index is 12.9. The van der Waals surface area contributed by atoms with Crippen molar-refractivity contribution in [3.05, 3.63) is 12.3 Å². The molecular formula is C13H20F3N5O2. The van der Waals surface area contributed by atoms with E-state index in [2.05, 4.69) is 10.4 Å². The number of amides is 3. The van der Waals surface area contributed by atoms with E-state index in [-0.39, 0.29) is 24.7 Å². The van der Waals surface area contributed by atoms with Crippen LogP contribution >= 0.6 is 0 Å². The van der Waals surface area contributed by atoms with Crippen molar-refractivity contribution < 1.29 is 22.8 Å². The number of alkyl halides is 3. The minimum atomic E-state index is -4.57. The van der Waals surface area contributed by atoms with Crippen molar-refractivity contribution in [2.45, 2.75) is 38.5 Å². The van der Waals surface area contributed by atoms with Gasteiger partial charge in [0.1, 0.15) is 12.1 Å². The lowest BCUT2D eigenvalue weighted by Gasteiger charge is -2.31. The molecule has 1 heterocycles. The van der Waals surface area contributed by atoms with Crippen LogP contribution in [0.1, 0.15) is 20.3 Å². The van der Waals surface area contributed by atoms with E-state index in [0.717, 1.165) is 6.92 Å². The lowest BCUT2D eigenvalue weighted by Crippen LogP contribution is -2.57. The van der Waals surface area contributed by atoms with Crippen molar-refractivity contribution in [1.82, 2.24) is 20.0 Å². The van der Waals surface area contributed by atoms with Crippen LogP contribution in [-0.2, 0) is 11.3 Å². The topological polar surface area (TPSA) is 79.3 Å². The van der Waals surface area contributed by atoms with E-state index in [9.17, 15) is 22.8 Å². The van der Waals surface area contributed by atoms with Crippen molar-refractivity contribution in [3.63, 3.8) is 0 Å². The molecule has 2 N–H and O–H groups in total. The van der Waals surface area contributed by atoms with Gasteiger partial charge in [-0.25, -0.2) is 4.79 Å². The van der Waals surface area contributed by atoms with Gasteiger partial charge in [0.15, 0.2) is 5.82 Å². The van der Waals surface area contributed by atoms with Crippen LogP contribution in [0.3, 0.4) is 0 Å². The molecule has 0 fully saturated rings. The first-order valence-corrected chi connectivity index (χ1v) is 6.88. The Bertz CT molecular complexity index is 570. The molecule has 0 spiro atoms. The van der Waals surface area contributed by atoms with Crippen LogP contribution in [0.2, 0.25) is 0 Å². The van der Waals surface area contributed by atoms with Crippen LogP contribution in [-0.4, -0.2) is 52.4 Å². The standard InChI is InChI=1S/C13H20F3N5O2/c1-5-12(2,13(14,15)16)18-11(23)17-9-6-7-21(19-9)8-10(22)20(3)4/h6-7H,5,8H2,1-4H3,(H2,17,18,19,23). The first kappa shape index (κ1) is 18.8. The van der Waals surface area contributed by atoms with Crippen LogP contribution in [0.25, 0.3) is 0 Å². The van der Waals surface area contributed by atoms with Gasteiger partial charge in [-0.05, 0) is 13.3 Å². The molecular weight excluding hydrogens is 315 g/mol. The lowest BCUT2D eigenvalue weighted by molar-refractivity contribution is -0.188. The molecule has 1 atom stereocenters. The summed E-state index contributed by atoms with van der Waals surface area (Å²) in [5.74, 6) is -0.158. The van der Waals surface area contributed by atoms with Gasteiger partial charge in [0.2, 0.25) is 5.91 Å². The normalized spacial score (nSPS) is 14.0. The van der Waals surface area contributed by atoms with E-state index < -0.39 is 17.7 Å². The zero-order valence-corrected chi connectivity index (χ0v) is 13.4. The third-order valence-electron chi connectivity index (χ3n) is 3.40. The molecule has 0 radical (unpaired) electrons. The second-order valence-corrected chi connectivity index (χ2v) is 5.45. The van der Waals surface area contributed by atoms with Gasteiger partial charge in [-0.2, -0.15) is 18.3 Å². The molecule has 3 amide bonds. The Balaban J connectivity index is 2.68. The van der Waals surface area contributed by atoms with Gasteiger partial charge in [0.25, 0.3) is 0 Å². The largest absolute Gasteiger partial charge is 0.411 e. The Morgan fingerprint density at radius 2 is 1.96 bits per heavy atom. The summed E-state index contributed by atoms with van der Waals surface area (Å²) in [7, 11) is 3.17. The van der Waals surface area contributed by atoms with Crippen molar-refractivity contribution in [3.8, 4) is 0 Å². The highest BCUT2D eigenvalue weighted by Crippen LogP contribution is 2.32. The van der Waals surface area contributed by atoms with E-state index in [1.165, 1.54) is 28.8 Å². The second-order valence-electron chi connectivity index (χ2n) is 5.45. The Morgan fingerprint density at radius 3 is 2.43 bits per heavy atom. The fraction of sp³-hybridized carbons (Fsp3) is 0.615. The highest BCUT2D eigenvalue weighted by Gasteiger charge is 2.50. The summed E-state index contributed by atoms with van der Waals surface area (Å²) in [4.78, 5) is 24.6. The average molecular weight is 335 g/mol. The van der Waals surface area contributed by atoms with Crippen LogP contribution in [0.15, 0.2) is 12.3 Å². The number of nitrogens with one attached hydrogen (secondary N) is 2. The first-order valence-electron chi connectivity index (χ1n) is 6.88. The van der Waals surface area contributed by atoms with Crippen molar-refractivity contribution in [2.24, 2.45) is 0 Å². The van der Waals surface area contributed by atoms with Gasteiger partial charge >= 0.3 is 12.2 Å². The van der Waals surface area contributed by atoms with Crippen LogP contribution < -0.4 is 10.6 Å². The van der Waals surface area contributed by atoms with Crippen LogP contribution in [0.5, 0.6) is 0 Å². The molecule has 1 unspecified atom stereocenters. The number of nitrogens with zero attached hydrogens (tertiary/aromatic N) is 3. The van der Waals surface area contributed by atoms with Crippen LogP contribution in [0, 0.1) is 0 Å². The summed E-state index contributed by atoms with van der Waals surface area (Å²) in [5, 5.41) is 8.03. The molecule has 23 heavy (non-hydrogen) atoms. The summed E-state index contributed by atoms with van der Waals surface area (Å²) in [6.45, 7) is 2.20. The molecule has 0 saturated heterocycles. The lowest BCUT2D eigenvalue weighted by atomic mass is 9.98. The number of urea groups is 1. The number of hydrogen-bond acceptors (Lipinski definition) is 3. The molecule has 0 aromatic carbocycles. The zero-order valence-electron chi connectivity index (χ0n) is 13.4. The highest BCUT2D eigenvalue weighted by molar-refractivity contribution is 5.88. The number of likely N-dealkylation sites (N-methyl/N-ethyl adjacent to an activating group) is 1. The Hall–Kier alpha value is -2.26. The first-order chi connectivity index (χ1) is 10.5. The van der Waals surface area contributed by atoms with E-state index in [0.29, 0.717) is 0 Å². The van der Waals surface area contributed by atoms with Crippen molar-refractivity contribution >= 4 is 17.8 Å². The summed E-state index contributed by atoms with van der Waals surface area (Å²) < 4.78 is 40.0. The van der Waals surface area contributed by atoms with Gasteiger partial charge < -0.3 is 10.2 Å². The maximum Gasteiger partial charge on any atom is 0.411 e. The molecule has 0 saturated carbocycles. The van der Waals surface area contributed by atoms with Gasteiger partial charge in [-0.1, -0.05) is 6.92 Å². The predicted octanol–water partition coefficient (Wildman–Crippen LogP) is 1.82. The summed E-state index contributed by atoms with van der Waals surface area (Å²) in [6, 6.07) is 0.371. The number of hydrogen-bond donors (Lipinski definition) is 2. The maximum atomic E-state index is 12.9. The smallest absolute Gasteiger partial charge is 0.347 e. The summed E-state index contributed by atoms with van der Waals surface area (Å²) >= 11 is 0. The van der Waals surface area contributed by atoms with Crippen molar-refractivity contribution in [1.29, 1.82) is 0 Å². The Labute approximate surface area is 131 Å². The minimum absolute atomic E-state index is 0.0362. The fourth-order valence-electron chi connectivity index (χ4n) is 1.55.